The van der Waals surface area contributed by atoms with E-state index in [1.54, 1.807) is 62.6 Å². The number of benzene rings is 2. The number of anilines is 1. The number of carbonyl (C=O) groups excluding carboxylic acids is 2. The molecular formula is C18H19NO4. The molecule has 23 heavy (non-hydrogen) atoms. The van der Waals surface area contributed by atoms with E-state index in [4.69, 9.17) is 9.47 Å². The van der Waals surface area contributed by atoms with E-state index in [-0.39, 0.29) is 11.7 Å². The molecule has 0 aliphatic carbocycles. The summed E-state index contributed by atoms with van der Waals surface area (Å²) < 4.78 is 10.7. The predicted octanol–water partition coefficient (Wildman–Crippen LogP) is 3.30. The van der Waals surface area contributed by atoms with E-state index in [2.05, 4.69) is 5.32 Å². The fourth-order valence-corrected chi connectivity index (χ4v) is 1.97. The number of methoxy groups -OCH3 is 1. The molecule has 0 saturated carbocycles. The topological polar surface area (TPSA) is 64.6 Å². The Morgan fingerprint density at radius 1 is 1.04 bits per heavy atom. The van der Waals surface area contributed by atoms with E-state index < -0.39 is 6.10 Å². The van der Waals surface area contributed by atoms with E-state index in [1.165, 1.54) is 6.92 Å². The van der Waals surface area contributed by atoms with Crippen LogP contribution in [0.1, 0.15) is 24.2 Å². The lowest BCUT2D eigenvalue weighted by molar-refractivity contribution is -0.122. The van der Waals surface area contributed by atoms with Crippen LogP contribution in [-0.4, -0.2) is 24.9 Å². The summed E-state index contributed by atoms with van der Waals surface area (Å²) in [7, 11) is 1.58. The van der Waals surface area contributed by atoms with Crippen molar-refractivity contribution in [2.45, 2.75) is 20.0 Å². The normalized spacial score (nSPS) is 11.4. The number of nitrogens with one attached hydrogen (secondary N) is 1. The molecule has 120 valence electrons. The quantitative estimate of drug-likeness (QED) is 0.831. The molecule has 1 atom stereocenters. The average molecular weight is 313 g/mol. The maximum absolute atomic E-state index is 12.2. The Hall–Kier alpha value is -2.82. The molecule has 0 saturated heterocycles. The standard InChI is InChI=1S/C18H19NO4/c1-12(20)14-5-4-6-15(11-14)19-18(21)13(2)23-17-9-7-16(22-3)8-10-17/h4-11,13H,1-3H3,(H,19,21). The van der Waals surface area contributed by atoms with Crippen molar-refractivity contribution in [3.05, 3.63) is 54.1 Å². The molecule has 0 spiro atoms. The average Bonchev–Trinajstić information content (AvgIpc) is 2.55. The van der Waals surface area contributed by atoms with Gasteiger partial charge in [0.25, 0.3) is 5.91 Å². The number of carbonyl (C=O) groups is 2. The predicted molar refractivity (Wildman–Crippen MR) is 88.2 cm³/mol. The molecule has 5 heteroatoms. The van der Waals surface area contributed by atoms with Crippen molar-refractivity contribution in [1.82, 2.24) is 0 Å². The fraction of sp³-hybridized carbons (Fsp3) is 0.222. The highest BCUT2D eigenvalue weighted by Gasteiger charge is 2.15. The Morgan fingerprint density at radius 3 is 2.30 bits per heavy atom. The van der Waals surface area contributed by atoms with Gasteiger partial charge in [-0.1, -0.05) is 12.1 Å². The minimum Gasteiger partial charge on any atom is -0.497 e. The summed E-state index contributed by atoms with van der Waals surface area (Å²) in [4.78, 5) is 23.5. The smallest absolute Gasteiger partial charge is 0.265 e. The summed E-state index contributed by atoms with van der Waals surface area (Å²) in [5, 5.41) is 2.74. The molecule has 0 fully saturated rings. The highest BCUT2D eigenvalue weighted by atomic mass is 16.5. The SMILES string of the molecule is COc1ccc(OC(C)C(=O)Nc2cccc(C(C)=O)c2)cc1. The van der Waals surface area contributed by atoms with E-state index in [1.807, 2.05) is 0 Å². The van der Waals surface area contributed by atoms with Crippen LogP contribution in [0, 0.1) is 0 Å². The number of rotatable bonds is 6. The van der Waals surface area contributed by atoms with Crippen LogP contribution in [0.15, 0.2) is 48.5 Å². The lowest BCUT2D eigenvalue weighted by Crippen LogP contribution is -2.30. The van der Waals surface area contributed by atoms with Crippen LogP contribution in [0.4, 0.5) is 5.69 Å². The summed E-state index contributed by atoms with van der Waals surface area (Å²) >= 11 is 0. The molecule has 0 heterocycles. The van der Waals surface area contributed by atoms with Gasteiger partial charge in [0, 0.05) is 11.3 Å². The van der Waals surface area contributed by atoms with E-state index in [0.29, 0.717) is 17.0 Å². The Labute approximate surface area is 135 Å². The number of hydrogen-bond acceptors (Lipinski definition) is 4. The molecule has 0 aliphatic heterocycles. The van der Waals surface area contributed by atoms with Crippen molar-refractivity contribution in [3.63, 3.8) is 0 Å². The third-order valence-electron chi connectivity index (χ3n) is 3.28. The van der Waals surface area contributed by atoms with Crippen LogP contribution in [0.2, 0.25) is 0 Å². The second-order valence-electron chi connectivity index (χ2n) is 5.06. The zero-order valence-electron chi connectivity index (χ0n) is 13.3. The fourth-order valence-electron chi connectivity index (χ4n) is 1.97. The first-order valence-corrected chi connectivity index (χ1v) is 7.22. The van der Waals surface area contributed by atoms with Crippen LogP contribution in [-0.2, 0) is 4.79 Å². The lowest BCUT2D eigenvalue weighted by atomic mass is 10.1. The van der Waals surface area contributed by atoms with Gasteiger partial charge in [0.15, 0.2) is 11.9 Å². The van der Waals surface area contributed by atoms with Gasteiger partial charge in [0.1, 0.15) is 11.5 Å². The van der Waals surface area contributed by atoms with Crippen molar-refractivity contribution in [1.29, 1.82) is 0 Å². The first kappa shape index (κ1) is 16.5. The molecule has 1 unspecified atom stereocenters. The van der Waals surface area contributed by atoms with Crippen molar-refractivity contribution in [2.75, 3.05) is 12.4 Å². The van der Waals surface area contributed by atoms with Crippen LogP contribution >= 0.6 is 0 Å². The molecule has 0 aromatic heterocycles. The maximum atomic E-state index is 12.2. The molecule has 0 radical (unpaired) electrons. The molecule has 1 N–H and O–H groups in total. The highest BCUT2D eigenvalue weighted by molar-refractivity contribution is 5.98. The van der Waals surface area contributed by atoms with Crippen molar-refractivity contribution < 1.29 is 19.1 Å². The monoisotopic (exact) mass is 313 g/mol. The number of ketones is 1. The van der Waals surface area contributed by atoms with Gasteiger partial charge in [-0.3, -0.25) is 9.59 Å². The molecule has 2 aromatic carbocycles. The maximum Gasteiger partial charge on any atom is 0.265 e. The lowest BCUT2D eigenvalue weighted by Gasteiger charge is -2.15. The summed E-state index contributed by atoms with van der Waals surface area (Å²) in [5.41, 5.74) is 1.11. The third kappa shape index (κ3) is 4.57. The summed E-state index contributed by atoms with van der Waals surface area (Å²) in [6.45, 7) is 3.14. The minimum absolute atomic E-state index is 0.0522. The second kappa shape index (κ2) is 7.45. The van der Waals surface area contributed by atoms with Gasteiger partial charge >= 0.3 is 0 Å². The minimum atomic E-state index is -0.677. The Kier molecular flexibility index (Phi) is 5.36. The second-order valence-corrected chi connectivity index (χ2v) is 5.06. The van der Waals surface area contributed by atoms with Crippen LogP contribution in [0.5, 0.6) is 11.5 Å². The van der Waals surface area contributed by atoms with E-state index in [9.17, 15) is 9.59 Å². The molecule has 2 aromatic rings. The van der Waals surface area contributed by atoms with E-state index >= 15 is 0 Å². The number of ether oxygens (including phenoxy) is 2. The van der Waals surface area contributed by atoms with Crippen molar-refractivity contribution in [3.8, 4) is 11.5 Å². The molecular weight excluding hydrogens is 294 g/mol. The first-order valence-electron chi connectivity index (χ1n) is 7.22. The largest absolute Gasteiger partial charge is 0.497 e. The van der Waals surface area contributed by atoms with Gasteiger partial charge in [-0.2, -0.15) is 0 Å². The van der Waals surface area contributed by atoms with E-state index in [0.717, 1.165) is 5.75 Å². The molecule has 0 bridgehead atoms. The summed E-state index contributed by atoms with van der Waals surface area (Å²) in [5.74, 6) is 0.951. The van der Waals surface area contributed by atoms with Gasteiger partial charge in [-0.25, -0.2) is 0 Å². The summed E-state index contributed by atoms with van der Waals surface area (Å²) in [6.07, 6.45) is -0.677. The van der Waals surface area contributed by atoms with Gasteiger partial charge in [0.05, 0.1) is 7.11 Å². The molecule has 5 nitrogen and oxygen atoms in total. The zero-order valence-corrected chi connectivity index (χ0v) is 13.3. The Morgan fingerprint density at radius 2 is 1.70 bits per heavy atom. The summed E-state index contributed by atoms with van der Waals surface area (Å²) in [6, 6.07) is 13.8. The van der Waals surface area contributed by atoms with Gasteiger partial charge in [0.2, 0.25) is 0 Å². The van der Waals surface area contributed by atoms with Crippen LogP contribution in [0.25, 0.3) is 0 Å². The molecule has 0 aliphatic rings. The number of Topliss-reactive ketones (excluding diaryl/α,β-unsaturated/α-hetero) is 1. The van der Waals surface area contributed by atoms with Gasteiger partial charge in [-0.15, -0.1) is 0 Å². The Balaban J connectivity index is 1.99. The molecule has 2 rings (SSSR count). The zero-order chi connectivity index (χ0) is 16.8. The number of amides is 1. The first-order chi connectivity index (χ1) is 11.0. The van der Waals surface area contributed by atoms with Crippen molar-refractivity contribution in [2.24, 2.45) is 0 Å². The Bertz CT molecular complexity index is 694. The van der Waals surface area contributed by atoms with Gasteiger partial charge < -0.3 is 14.8 Å². The third-order valence-corrected chi connectivity index (χ3v) is 3.28. The van der Waals surface area contributed by atoms with Gasteiger partial charge in [-0.05, 0) is 50.2 Å². The van der Waals surface area contributed by atoms with Crippen molar-refractivity contribution >= 4 is 17.4 Å². The van der Waals surface area contributed by atoms with Crippen LogP contribution in [0.3, 0.4) is 0 Å². The molecule has 1 amide bonds. The number of hydrogen-bond donors (Lipinski definition) is 1. The highest BCUT2D eigenvalue weighted by Crippen LogP contribution is 2.19. The van der Waals surface area contributed by atoms with Crippen LogP contribution < -0.4 is 14.8 Å².